The molecule has 7 nitrogen and oxygen atoms in total. The predicted molar refractivity (Wildman–Crippen MR) is 91.3 cm³/mol. The van der Waals surface area contributed by atoms with Crippen molar-refractivity contribution < 1.29 is 14.3 Å². The Morgan fingerprint density at radius 3 is 2.17 bits per heavy atom. The average molecular weight is 332 g/mol. The molecule has 130 valence electrons. The summed E-state index contributed by atoms with van der Waals surface area (Å²) in [6.07, 6.45) is 2.44. The molecule has 0 radical (unpaired) electrons. The Morgan fingerprint density at radius 1 is 1.04 bits per heavy atom. The second-order valence-electron chi connectivity index (χ2n) is 6.26. The average Bonchev–Trinajstić information content (AvgIpc) is 3.45. The fourth-order valence-electron chi connectivity index (χ4n) is 2.65. The molecule has 1 aliphatic heterocycles. The molecule has 2 fully saturated rings. The van der Waals surface area contributed by atoms with Crippen molar-refractivity contribution in [3.63, 3.8) is 0 Å². The highest BCUT2D eigenvalue weighted by Crippen LogP contribution is 2.27. The zero-order chi connectivity index (χ0) is 16.9. The number of nitrogens with one attached hydrogen (secondary N) is 2. The Kier molecular flexibility index (Phi) is 5.08. The summed E-state index contributed by atoms with van der Waals surface area (Å²) >= 11 is 0. The third-order valence-corrected chi connectivity index (χ3v) is 4.43. The van der Waals surface area contributed by atoms with Crippen LogP contribution in [0.5, 0.6) is 5.75 Å². The molecule has 0 bridgehead atoms. The topological polar surface area (TPSA) is 73.9 Å². The highest BCUT2D eigenvalue weighted by molar-refractivity contribution is 5.89. The van der Waals surface area contributed by atoms with E-state index in [2.05, 4.69) is 10.6 Å². The van der Waals surface area contributed by atoms with Crippen LogP contribution in [0.3, 0.4) is 0 Å². The molecule has 0 atom stereocenters. The van der Waals surface area contributed by atoms with E-state index in [1.807, 2.05) is 0 Å². The zero-order valence-electron chi connectivity index (χ0n) is 14.0. The third kappa shape index (κ3) is 4.31. The van der Waals surface area contributed by atoms with Gasteiger partial charge in [0, 0.05) is 38.4 Å². The largest absolute Gasteiger partial charge is 0.497 e. The van der Waals surface area contributed by atoms with Gasteiger partial charge < -0.3 is 25.2 Å². The lowest BCUT2D eigenvalue weighted by Gasteiger charge is -2.34. The van der Waals surface area contributed by atoms with Gasteiger partial charge in [-0.15, -0.1) is 0 Å². The monoisotopic (exact) mass is 332 g/mol. The maximum Gasteiger partial charge on any atom is 0.321 e. The number of carbonyl (C=O) groups excluding carboxylic acids is 2. The van der Waals surface area contributed by atoms with Crippen LogP contribution < -0.4 is 15.4 Å². The summed E-state index contributed by atoms with van der Waals surface area (Å²) in [4.78, 5) is 27.8. The fourth-order valence-corrected chi connectivity index (χ4v) is 2.65. The zero-order valence-corrected chi connectivity index (χ0v) is 14.0. The Hall–Kier alpha value is -2.44. The second kappa shape index (κ2) is 7.42. The van der Waals surface area contributed by atoms with Gasteiger partial charge in [-0.3, -0.25) is 0 Å². The van der Waals surface area contributed by atoms with Gasteiger partial charge in [-0.1, -0.05) is 0 Å². The van der Waals surface area contributed by atoms with Crippen LogP contribution in [0.1, 0.15) is 12.8 Å². The van der Waals surface area contributed by atoms with Gasteiger partial charge in [0.25, 0.3) is 0 Å². The van der Waals surface area contributed by atoms with Crippen molar-refractivity contribution in [2.75, 3.05) is 45.2 Å². The van der Waals surface area contributed by atoms with Crippen LogP contribution in [0.25, 0.3) is 0 Å². The van der Waals surface area contributed by atoms with E-state index in [1.165, 1.54) is 12.8 Å². The van der Waals surface area contributed by atoms with Crippen LogP contribution in [0.4, 0.5) is 15.3 Å². The van der Waals surface area contributed by atoms with Gasteiger partial charge >= 0.3 is 12.1 Å². The molecule has 24 heavy (non-hydrogen) atoms. The predicted octanol–water partition coefficient (Wildman–Crippen LogP) is 1.96. The number of methoxy groups -OCH3 is 1. The van der Waals surface area contributed by atoms with Crippen molar-refractivity contribution in [2.45, 2.75) is 12.8 Å². The molecule has 0 unspecified atom stereocenters. The lowest BCUT2D eigenvalue weighted by atomic mass is 10.3. The van der Waals surface area contributed by atoms with Crippen molar-refractivity contribution in [3.8, 4) is 5.75 Å². The SMILES string of the molecule is COc1ccc(NC(=O)N2CCN(C(=O)NCC3CC3)CC2)cc1. The molecule has 3 rings (SSSR count). The van der Waals surface area contributed by atoms with Crippen LogP contribution in [-0.2, 0) is 0 Å². The molecule has 1 aromatic carbocycles. The smallest absolute Gasteiger partial charge is 0.321 e. The molecule has 4 amide bonds. The first-order chi connectivity index (χ1) is 11.7. The molecule has 1 saturated carbocycles. The molecule has 1 heterocycles. The van der Waals surface area contributed by atoms with Gasteiger partial charge in [0.05, 0.1) is 7.11 Å². The van der Waals surface area contributed by atoms with Crippen LogP contribution >= 0.6 is 0 Å². The maximum absolute atomic E-state index is 12.3. The lowest BCUT2D eigenvalue weighted by molar-refractivity contribution is 0.149. The maximum atomic E-state index is 12.3. The van der Waals surface area contributed by atoms with Crippen molar-refractivity contribution in [1.82, 2.24) is 15.1 Å². The minimum absolute atomic E-state index is 0.0166. The molecule has 2 aliphatic rings. The summed E-state index contributed by atoms with van der Waals surface area (Å²) in [5.74, 6) is 1.42. The van der Waals surface area contributed by atoms with E-state index >= 15 is 0 Å². The number of amides is 4. The Bertz CT molecular complexity index is 578. The number of ether oxygens (including phenoxy) is 1. The number of nitrogens with zero attached hydrogens (tertiary/aromatic N) is 2. The van der Waals surface area contributed by atoms with Gasteiger partial charge in [-0.25, -0.2) is 9.59 Å². The number of rotatable bonds is 4. The number of anilines is 1. The molecule has 0 spiro atoms. The van der Waals surface area contributed by atoms with Gasteiger partial charge in [-0.2, -0.15) is 0 Å². The van der Waals surface area contributed by atoms with Crippen molar-refractivity contribution in [1.29, 1.82) is 0 Å². The first-order valence-corrected chi connectivity index (χ1v) is 8.38. The first kappa shape index (κ1) is 16.4. The highest BCUT2D eigenvalue weighted by Gasteiger charge is 2.26. The van der Waals surface area contributed by atoms with E-state index in [4.69, 9.17) is 4.74 Å². The summed E-state index contributed by atoms with van der Waals surface area (Å²) in [6.45, 7) is 2.98. The summed E-state index contributed by atoms with van der Waals surface area (Å²) in [7, 11) is 1.61. The fraction of sp³-hybridized carbons (Fsp3) is 0.529. The molecule has 2 N–H and O–H groups in total. The minimum atomic E-state index is -0.141. The standard InChI is InChI=1S/C17H24N4O3/c1-24-15-6-4-14(5-7-15)19-17(23)21-10-8-20(9-11-21)16(22)18-12-13-2-3-13/h4-7,13H,2-3,8-12H2,1H3,(H,18,22)(H,19,23). The summed E-state index contributed by atoms with van der Waals surface area (Å²) in [6, 6.07) is 7.06. The van der Waals surface area contributed by atoms with E-state index in [9.17, 15) is 9.59 Å². The quantitative estimate of drug-likeness (QED) is 0.885. The van der Waals surface area contributed by atoms with Crippen LogP contribution in [0.2, 0.25) is 0 Å². The minimum Gasteiger partial charge on any atom is -0.497 e. The van der Waals surface area contributed by atoms with Crippen molar-refractivity contribution >= 4 is 17.7 Å². The van der Waals surface area contributed by atoms with E-state index in [0.29, 0.717) is 32.1 Å². The molecular weight excluding hydrogens is 308 g/mol. The summed E-state index contributed by atoms with van der Waals surface area (Å²) < 4.78 is 5.10. The molecule has 1 aliphatic carbocycles. The van der Waals surface area contributed by atoms with E-state index < -0.39 is 0 Å². The number of benzene rings is 1. The lowest BCUT2D eigenvalue weighted by Crippen LogP contribution is -2.54. The van der Waals surface area contributed by atoms with Gasteiger partial charge in [-0.05, 0) is 43.0 Å². The third-order valence-electron chi connectivity index (χ3n) is 4.43. The van der Waals surface area contributed by atoms with Gasteiger partial charge in [0.2, 0.25) is 0 Å². The Balaban J connectivity index is 1.43. The second-order valence-corrected chi connectivity index (χ2v) is 6.26. The number of carbonyl (C=O) groups is 2. The number of hydrogen-bond donors (Lipinski definition) is 2. The molecular formula is C17H24N4O3. The van der Waals surface area contributed by atoms with E-state index in [0.717, 1.165) is 18.0 Å². The number of piperazine rings is 1. The van der Waals surface area contributed by atoms with Crippen LogP contribution in [-0.4, -0.2) is 61.7 Å². The van der Waals surface area contributed by atoms with Crippen molar-refractivity contribution in [2.24, 2.45) is 5.92 Å². The summed E-state index contributed by atoms with van der Waals surface area (Å²) in [5.41, 5.74) is 0.727. The van der Waals surface area contributed by atoms with Gasteiger partial charge in [0.1, 0.15) is 5.75 Å². The first-order valence-electron chi connectivity index (χ1n) is 8.38. The normalized spacial score (nSPS) is 17.4. The number of urea groups is 2. The Labute approximate surface area is 141 Å². The molecule has 7 heteroatoms. The van der Waals surface area contributed by atoms with Crippen LogP contribution in [0, 0.1) is 5.92 Å². The highest BCUT2D eigenvalue weighted by atomic mass is 16.5. The van der Waals surface area contributed by atoms with Crippen molar-refractivity contribution in [3.05, 3.63) is 24.3 Å². The van der Waals surface area contributed by atoms with E-state index in [-0.39, 0.29) is 12.1 Å². The van der Waals surface area contributed by atoms with Gasteiger partial charge in [0.15, 0.2) is 0 Å². The molecule has 1 aromatic rings. The Morgan fingerprint density at radius 2 is 1.62 bits per heavy atom. The number of hydrogen-bond acceptors (Lipinski definition) is 3. The summed E-state index contributed by atoms with van der Waals surface area (Å²) in [5, 5.41) is 5.83. The van der Waals surface area contributed by atoms with Crippen LogP contribution in [0.15, 0.2) is 24.3 Å². The molecule has 0 aromatic heterocycles. The van der Waals surface area contributed by atoms with E-state index in [1.54, 1.807) is 41.2 Å². The molecule has 1 saturated heterocycles.